The third-order valence-electron chi connectivity index (χ3n) is 3.48. The second-order valence-corrected chi connectivity index (χ2v) is 8.65. The zero-order valence-corrected chi connectivity index (χ0v) is 14.2. The maximum Gasteiger partial charge on any atom is 0.244 e. The Morgan fingerprint density at radius 3 is 2.85 bits per heavy atom. The van der Waals surface area contributed by atoms with Crippen molar-refractivity contribution in [2.75, 3.05) is 6.54 Å². The van der Waals surface area contributed by atoms with Crippen molar-refractivity contribution < 1.29 is 8.42 Å². The topological polar surface area (TPSA) is 37.4 Å². The smallest absolute Gasteiger partial charge is 0.207 e. The average Bonchev–Trinajstić information content (AvgIpc) is 2.85. The second-order valence-electron chi connectivity index (χ2n) is 4.89. The van der Waals surface area contributed by atoms with Gasteiger partial charge in [-0.15, -0.1) is 11.3 Å². The van der Waals surface area contributed by atoms with Crippen LogP contribution >= 0.6 is 27.3 Å². The van der Waals surface area contributed by atoms with Crippen LogP contribution in [0.25, 0.3) is 0 Å². The highest BCUT2D eigenvalue weighted by Gasteiger charge is 2.30. The quantitative estimate of drug-likeness (QED) is 0.808. The van der Waals surface area contributed by atoms with Gasteiger partial charge >= 0.3 is 0 Å². The molecule has 0 aliphatic carbocycles. The zero-order valence-electron chi connectivity index (χ0n) is 11.0. The Balaban J connectivity index is 1.97. The van der Waals surface area contributed by atoms with Gasteiger partial charge in [-0.2, -0.15) is 4.31 Å². The second kappa shape index (κ2) is 5.26. The van der Waals surface area contributed by atoms with Gasteiger partial charge in [-0.3, -0.25) is 0 Å². The maximum absolute atomic E-state index is 12.8. The SMILES string of the molecule is Cc1ccc(S(=O)(=O)N2CCc3sccc3C2)c(Br)c1. The Kier molecular flexibility index (Phi) is 3.75. The van der Waals surface area contributed by atoms with E-state index in [9.17, 15) is 8.42 Å². The summed E-state index contributed by atoms with van der Waals surface area (Å²) in [4.78, 5) is 1.65. The largest absolute Gasteiger partial charge is 0.244 e. The van der Waals surface area contributed by atoms with Gasteiger partial charge in [-0.05, 0) is 64.0 Å². The number of thiophene rings is 1. The molecular weight excluding hydrogens is 358 g/mol. The minimum atomic E-state index is -3.44. The molecule has 0 radical (unpaired) electrons. The highest BCUT2D eigenvalue weighted by molar-refractivity contribution is 9.10. The predicted molar refractivity (Wildman–Crippen MR) is 84.5 cm³/mol. The number of rotatable bonds is 2. The average molecular weight is 372 g/mol. The molecule has 0 saturated carbocycles. The first kappa shape index (κ1) is 14.3. The first-order valence-electron chi connectivity index (χ1n) is 6.30. The summed E-state index contributed by atoms with van der Waals surface area (Å²) >= 11 is 5.08. The van der Waals surface area contributed by atoms with Gasteiger partial charge in [0.25, 0.3) is 0 Å². The number of benzene rings is 1. The van der Waals surface area contributed by atoms with Crippen molar-refractivity contribution >= 4 is 37.3 Å². The molecule has 3 rings (SSSR count). The van der Waals surface area contributed by atoms with Crippen molar-refractivity contribution in [1.82, 2.24) is 4.31 Å². The Labute approximate surface area is 131 Å². The monoisotopic (exact) mass is 371 g/mol. The minimum absolute atomic E-state index is 0.349. The van der Waals surface area contributed by atoms with Crippen molar-refractivity contribution in [3.05, 3.63) is 50.1 Å². The van der Waals surface area contributed by atoms with Crippen molar-refractivity contribution in [2.24, 2.45) is 0 Å². The van der Waals surface area contributed by atoms with Gasteiger partial charge in [0, 0.05) is 22.4 Å². The summed E-state index contributed by atoms with van der Waals surface area (Å²) < 4.78 is 27.7. The Bertz CT molecular complexity index is 752. The third-order valence-corrected chi connectivity index (χ3v) is 7.32. The number of aryl methyl sites for hydroxylation is 1. The van der Waals surface area contributed by atoms with Gasteiger partial charge in [0.15, 0.2) is 0 Å². The Morgan fingerprint density at radius 1 is 1.30 bits per heavy atom. The summed E-state index contributed by atoms with van der Waals surface area (Å²) in [7, 11) is -3.44. The van der Waals surface area contributed by atoms with E-state index in [-0.39, 0.29) is 0 Å². The number of fused-ring (bicyclic) bond motifs is 1. The lowest BCUT2D eigenvalue weighted by Gasteiger charge is -2.26. The standard InChI is InChI=1S/C14H14BrNO2S2/c1-10-2-3-14(12(15)8-10)20(17,18)16-6-4-13-11(9-16)5-7-19-13/h2-3,5,7-8H,4,6,9H2,1H3. The molecule has 0 N–H and O–H groups in total. The molecule has 0 saturated heterocycles. The fourth-order valence-electron chi connectivity index (χ4n) is 2.38. The van der Waals surface area contributed by atoms with Crippen LogP contribution in [0.1, 0.15) is 16.0 Å². The fraction of sp³-hybridized carbons (Fsp3) is 0.286. The van der Waals surface area contributed by atoms with E-state index in [0.29, 0.717) is 22.5 Å². The Morgan fingerprint density at radius 2 is 2.10 bits per heavy atom. The first-order valence-corrected chi connectivity index (χ1v) is 9.41. The van der Waals surface area contributed by atoms with Crippen LogP contribution in [0.15, 0.2) is 39.0 Å². The molecular formula is C14H14BrNO2S2. The van der Waals surface area contributed by atoms with Crippen LogP contribution < -0.4 is 0 Å². The van der Waals surface area contributed by atoms with Gasteiger partial charge < -0.3 is 0 Å². The molecule has 1 aromatic carbocycles. The van der Waals surface area contributed by atoms with Crippen LogP contribution in [0.4, 0.5) is 0 Å². The molecule has 0 fully saturated rings. The molecule has 106 valence electrons. The molecule has 1 aliphatic heterocycles. The number of hydrogen-bond donors (Lipinski definition) is 0. The molecule has 6 heteroatoms. The van der Waals surface area contributed by atoms with E-state index in [2.05, 4.69) is 15.9 Å². The summed E-state index contributed by atoms with van der Waals surface area (Å²) in [5.41, 5.74) is 2.17. The number of sulfonamides is 1. The van der Waals surface area contributed by atoms with Gasteiger partial charge in [0.2, 0.25) is 10.0 Å². The van der Waals surface area contributed by atoms with Crippen LogP contribution in [0.5, 0.6) is 0 Å². The van der Waals surface area contributed by atoms with Gasteiger partial charge in [0.05, 0.1) is 4.90 Å². The molecule has 1 aromatic heterocycles. The molecule has 3 nitrogen and oxygen atoms in total. The lowest BCUT2D eigenvalue weighted by atomic mass is 10.1. The molecule has 0 atom stereocenters. The lowest BCUT2D eigenvalue weighted by molar-refractivity contribution is 0.394. The summed E-state index contributed by atoms with van der Waals surface area (Å²) in [5, 5.41) is 2.03. The van der Waals surface area contributed by atoms with E-state index in [0.717, 1.165) is 17.5 Å². The number of nitrogens with zero attached hydrogens (tertiary/aromatic N) is 1. The Hall–Kier alpha value is -0.690. The molecule has 2 aromatic rings. The molecule has 0 unspecified atom stereocenters. The van der Waals surface area contributed by atoms with Crippen LogP contribution in [0.2, 0.25) is 0 Å². The van der Waals surface area contributed by atoms with E-state index in [1.54, 1.807) is 21.7 Å². The lowest BCUT2D eigenvalue weighted by Crippen LogP contribution is -2.35. The molecule has 2 heterocycles. The fourth-order valence-corrected chi connectivity index (χ4v) is 5.84. The van der Waals surface area contributed by atoms with Crippen LogP contribution in [-0.2, 0) is 23.0 Å². The predicted octanol–water partition coefficient (Wildman–Crippen LogP) is 3.57. The zero-order chi connectivity index (χ0) is 14.3. The highest BCUT2D eigenvalue weighted by atomic mass is 79.9. The van der Waals surface area contributed by atoms with Gasteiger partial charge in [-0.25, -0.2) is 8.42 Å². The van der Waals surface area contributed by atoms with E-state index < -0.39 is 10.0 Å². The van der Waals surface area contributed by atoms with Crippen molar-refractivity contribution in [3.63, 3.8) is 0 Å². The van der Waals surface area contributed by atoms with Gasteiger partial charge in [0.1, 0.15) is 0 Å². The van der Waals surface area contributed by atoms with Crippen molar-refractivity contribution in [3.8, 4) is 0 Å². The maximum atomic E-state index is 12.8. The molecule has 0 amide bonds. The highest BCUT2D eigenvalue weighted by Crippen LogP contribution is 2.31. The van der Waals surface area contributed by atoms with Gasteiger partial charge in [-0.1, -0.05) is 6.07 Å². The molecule has 0 bridgehead atoms. The normalized spacial score (nSPS) is 16.1. The van der Waals surface area contributed by atoms with E-state index in [1.165, 1.54) is 4.88 Å². The van der Waals surface area contributed by atoms with E-state index >= 15 is 0 Å². The van der Waals surface area contributed by atoms with Crippen molar-refractivity contribution in [2.45, 2.75) is 24.8 Å². The summed E-state index contributed by atoms with van der Waals surface area (Å²) in [6, 6.07) is 7.37. The van der Waals surface area contributed by atoms with Crippen molar-refractivity contribution in [1.29, 1.82) is 0 Å². The van der Waals surface area contributed by atoms with E-state index in [1.807, 2.05) is 30.5 Å². The molecule has 1 aliphatic rings. The van der Waals surface area contributed by atoms with Crippen LogP contribution in [-0.4, -0.2) is 19.3 Å². The molecule has 20 heavy (non-hydrogen) atoms. The first-order chi connectivity index (χ1) is 9.48. The molecule has 0 spiro atoms. The summed E-state index contributed by atoms with van der Waals surface area (Å²) in [6.07, 6.45) is 0.801. The van der Waals surface area contributed by atoms with E-state index in [4.69, 9.17) is 0 Å². The summed E-state index contributed by atoms with van der Waals surface area (Å²) in [5.74, 6) is 0. The minimum Gasteiger partial charge on any atom is -0.207 e. The third kappa shape index (κ3) is 2.45. The number of halogens is 1. The summed E-state index contributed by atoms with van der Waals surface area (Å²) in [6.45, 7) is 2.97. The van der Waals surface area contributed by atoms with Crippen LogP contribution in [0.3, 0.4) is 0 Å². The number of hydrogen-bond acceptors (Lipinski definition) is 3. The van der Waals surface area contributed by atoms with Crippen LogP contribution in [0, 0.1) is 6.92 Å².